The molecule has 0 atom stereocenters. The van der Waals surface area contributed by atoms with E-state index < -0.39 is 0 Å². The molecule has 1 heterocycles. The van der Waals surface area contributed by atoms with Gasteiger partial charge in [0.1, 0.15) is 0 Å². The van der Waals surface area contributed by atoms with Crippen LogP contribution in [0.1, 0.15) is 10.5 Å². The van der Waals surface area contributed by atoms with Gasteiger partial charge in [-0.2, -0.15) is 5.10 Å². The first-order valence-corrected chi connectivity index (χ1v) is 4.16. The molecule has 0 spiro atoms. The van der Waals surface area contributed by atoms with Gasteiger partial charge in [-0.3, -0.25) is 14.9 Å². The van der Waals surface area contributed by atoms with Crippen molar-refractivity contribution in [2.24, 2.45) is 12.9 Å². The molecule has 0 aliphatic carbocycles. The number of nitrogens with one attached hydrogen (secondary N) is 1. The van der Waals surface area contributed by atoms with Crippen molar-refractivity contribution in [2.75, 3.05) is 0 Å². The number of hydrazine groups is 1. The summed E-state index contributed by atoms with van der Waals surface area (Å²) < 4.78 is 1.65. The van der Waals surface area contributed by atoms with Gasteiger partial charge in [-0.25, -0.2) is 5.84 Å². The third-order valence-corrected chi connectivity index (χ3v) is 2.10. The number of carbonyl (C=O) groups excluding carboxylic acids is 1. The van der Waals surface area contributed by atoms with E-state index in [0.29, 0.717) is 5.69 Å². The first-order valence-electron chi connectivity index (χ1n) is 4.16. The van der Waals surface area contributed by atoms with E-state index in [4.69, 9.17) is 5.84 Å². The lowest BCUT2D eigenvalue weighted by Crippen LogP contribution is -2.30. The van der Waals surface area contributed by atoms with E-state index in [0.717, 1.165) is 10.9 Å². The maximum atomic E-state index is 11.3. The fourth-order valence-corrected chi connectivity index (χ4v) is 1.45. The van der Waals surface area contributed by atoms with Crippen molar-refractivity contribution < 1.29 is 4.79 Å². The summed E-state index contributed by atoms with van der Waals surface area (Å²) in [6.45, 7) is 0. The van der Waals surface area contributed by atoms with Crippen LogP contribution in [0.2, 0.25) is 0 Å². The molecule has 0 fully saturated rings. The molecular weight excluding hydrogens is 180 g/mol. The summed E-state index contributed by atoms with van der Waals surface area (Å²) in [7, 11) is 1.79. The van der Waals surface area contributed by atoms with Crippen LogP contribution in [0.3, 0.4) is 0 Å². The Morgan fingerprint density at radius 2 is 2.21 bits per heavy atom. The number of nitrogen functional groups attached to an aromatic ring is 1. The van der Waals surface area contributed by atoms with Gasteiger partial charge in [0.25, 0.3) is 5.91 Å². The number of carbonyl (C=O) groups is 1. The van der Waals surface area contributed by atoms with Crippen molar-refractivity contribution in [3.05, 3.63) is 30.0 Å². The Kier molecular flexibility index (Phi) is 1.94. The van der Waals surface area contributed by atoms with E-state index in [2.05, 4.69) is 10.5 Å². The highest BCUT2D eigenvalue weighted by Gasteiger charge is 2.13. The fourth-order valence-electron chi connectivity index (χ4n) is 1.45. The van der Waals surface area contributed by atoms with Gasteiger partial charge in [-0.15, -0.1) is 0 Å². The predicted molar refractivity (Wildman–Crippen MR) is 52.4 cm³/mol. The standard InChI is InChI=1S/C9H10N4O/c1-13-7-5-3-2-4-6(7)8(12-13)9(14)11-10/h2-5H,10H2,1H3,(H,11,14). The summed E-state index contributed by atoms with van der Waals surface area (Å²) in [5.41, 5.74) is 3.33. The van der Waals surface area contributed by atoms with Gasteiger partial charge in [0.15, 0.2) is 5.69 Å². The second-order valence-electron chi connectivity index (χ2n) is 2.96. The molecule has 0 saturated heterocycles. The fraction of sp³-hybridized carbons (Fsp3) is 0.111. The third kappa shape index (κ3) is 1.14. The van der Waals surface area contributed by atoms with Crippen LogP contribution in [0.25, 0.3) is 10.9 Å². The van der Waals surface area contributed by atoms with Crippen molar-refractivity contribution in [3.63, 3.8) is 0 Å². The largest absolute Gasteiger partial charge is 0.289 e. The number of rotatable bonds is 1. The van der Waals surface area contributed by atoms with Gasteiger partial charge in [0.05, 0.1) is 5.52 Å². The monoisotopic (exact) mass is 190 g/mol. The van der Waals surface area contributed by atoms with Crippen LogP contribution in [0.15, 0.2) is 24.3 Å². The van der Waals surface area contributed by atoms with Crippen molar-refractivity contribution in [1.82, 2.24) is 15.2 Å². The molecule has 72 valence electrons. The highest BCUT2D eigenvalue weighted by molar-refractivity contribution is 6.04. The van der Waals surface area contributed by atoms with E-state index in [-0.39, 0.29) is 5.91 Å². The second kappa shape index (κ2) is 3.12. The molecule has 0 aliphatic heterocycles. The van der Waals surface area contributed by atoms with Crippen molar-refractivity contribution in [3.8, 4) is 0 Å². The summed E-state index contributed by atoms with van der Waals surface area (Å²) in [5, 5.41) is 4.89. The second-order valence-corrected chi connectivity index (χ2v) is 2.96. The zero-order valence-corrected chi connectivity index (χ0v) is 7.69. The van der Waals surface area contributed by atoms with Crippen molar-refractivity contribution in [2.45, 2.75) is 0 Å². The number of amides is 1. The molecule has 0 radical (unpaired) electrons. The summed E-state index contributed by atoms with van der Waals surface area (Å²) in [4.78, 5) is 11.3. The zero-order chi connectivity index (χ0) is 10.1. The lowest BCUT2D eigenvalue weighted by Gasteiger charge is -1.93. The van der Waals surface area contributed by atoms with Crippen LogP contribution >= 0.6 is 0 Å². The van der Waals surface area contributed by atoms with E-state index >= 15 is 0 Å². The number of aryl methyl sites for hydroxylation is 1. The molecule has 5 nitrogen and oxygen atoms in total. The number of nitrogens with two attached hydrogens (primary N) is 1. The molecule has 1 aromatic heterocycles. The highest BCUT2D eigenvalue weighted by atomic mass is 16.2. The van der Waals surface area contributed by atoms with Gasteiger partial charge < -0.3 is 0 Å². The summed E-state index contributed by atoms with van der Waals surface area (Å²) >= 11 is 0. The van der Waals surface area contributed by atoms with Gasteiger partial charge >= 0.3 is 0 Å². The minimum atomic E-state index is -0.373. The first-order chi connectivity index (χ1) is 6.74. The van der Waals surface area contributed by atoms with E-state index in [9.17, 15) is 4.79 Å². The summed E-state index contributed by atoms with van der Waals surface area (Å²) in [6.07, 6.45) is 0. The molecule has 0 unspecified atom stereocenters. The van der Waals surface area contributed by atoms with Crippen molar-refractivity contribution >= 4 is 16.8 Å². The van der Waals surface area contributed by atoms with Crippen LogP contribution in [0, 0.1) is 0 Å². The Balaban J connectivity index is 2.72. The number of para-hydroxylation sites is 1. The zero-order valence-electron chi connectivity index (χ0n) is 7.69. The van der Waals surface area contributed by atoms with Gasteiger partial charge in [-0.1, -0.05) is 18.2 Å². The normalized spacial score (nSPS) is 10.4. The first kappa shape index (κ1) is 8.71. The Morgan fingerprint density at radius 1 is 1.50 bits per heavy atom. The van der Waals surface area contributed by atoms with E-state index in [1.807, 2.05) is 24.3 Å². The number of aromatic nitrogens is 2. The topological polar surface area (TPSA) is 72.9 Å². The smallest absolute Gasteiger partial charge is 0.286 e. The summed E-state index contributed by atoms with van der Waals surface area (Å²) in [5.74, 6) is 4.68. The number of hydrogen-bond donors (Lipinski definition) is 2. The van der Waals surface area contributed by atoms with E-state index in [1.54, 1.807) is 11.7 Å². The lowest BCUT2D eigenvalue weighted by atomic mass is 10.2. The number of fused-ring (bicyclic) bond motifs is 1. The SMILES string of the molecule is Cn1nc(C(=O)NN)c2ccccc21. The molecule has 5 heteroatoms. The predicted octanol–water partition coefficient (Wildman–Crippen LogP) is 0.177. The van der Waals surface area contributed by atoms with Crippen LogP contribution < -0.4 is 11.3 Å². The molecule has 0 aliphatic rings. The Labute approximate surface area is 80.5 Å². The molecule has 1 amide bonds. The van der Waals surface area contributed by atoms with Gasteiger partial charge in [0.2, 0.25) is 0 Å². The molecule has 1 aromatic carbocycles. The quantitative estimate of drug-likeness (QED) is 0.382. The average Bonchev–Trinajstić information content (AvgIpc) is 2.56. The van der Waals surface area contributed by atoms with Crippen LogP contribution in [-0.4, -0.2) is 15.7 Å². The minimum absolute atomic E-state index is 0.352. The Bertz CT molecular complexity index is 489. The van der Waals surface area contributed by atoms with Crippen LogP contribution in [-0.2, 0) is 7.05 Å². The van der Waals surface area contributed by atoms with Gasteiger partial charge in [-0.05, 0) is 6.07 Å². The maximum absolute atomic E-state index is 11.3. The third-order valence-electron chi connectivity index (χ3n) is 2.10. The van der Waals surface area contributed by atoms with Crippen molar-refractivity contribution in [1.29, 1.82) is 0 Å². The minimum Gasteiger partial charge on any atom is -0.289 e. The van der Waals surface area contributed by atoms with E-state index in [1.165, 1.54) is 0 Å². The Hall–Kier alpha value is -1.88. The highest BCUT2D eigenvalue weighted by Crippen LogP contribution is 2.16. The molecule has 0 bridgehead atoms. The lowest BCUT2D eigenvalue weighted by molar-refractivity contribution is 0.0949. The number of benzene rings is 1. The number of nitrogens with zero attached hydrogens (tertiary/aromatic N) is 2. The number of hydrogen-bond acceptors (Lipinski definition) is 3. The Morgan fingerprint density at radius 3 is 2.93 bits per heavy atom. The molecule has 2 rings (SSSR count). The average molecular weight is 190 g/mol. The summed E-state index contributed by atoms with van der Waals surface area (Å²) in [6, 6.07) is 7.49. The van der Waals surface area contributed by atoms with Crippen LogP contribution in [0.5, 0.6) is 0 Å². The van der Waals surface area contributed by atoms with Crippen LogP contribution in [0.4, 0.5) is 0 Å². The maximum Gasteiger partial charge on any atom is 0.286 e. The molecular formula is C9H10N4O. The molecule has 2 aromatic rings. The molecule has 3 N–H and O–H groups in total. The molecule has 14 heavy (non-hydrogen) atoms. The van der Waals surface area contributed by atoms with Gasteiger partial charge in [0, 0.05) is 12.4 Å². The molecule has 0 saturated carbocycles.